The Morgan fingerprint density at radius 2 is 2.33 bits per heavy atom. The molecule has 1 atom stereocenters. The first-order valence-corrected chi connectivity index (χ1v) is 4.86. The Kier molecular flexibility index (Phi) is 1.07. The molecule has 0 N–H and O–H groups in total. The summed E-state index contributed by atoms with van der Waals surface area (Å²) < 4.78 is 2.43. The van der Waals surface area contributed by atoms with Gasteiger partial charge in [0.05, 0.1) is 0 Å². The Morgan fingerprint density at radius 1 is 1.50 bits per heavy atom. The lowest BCUT2D eigenvalue weighted by Gasteiger charge is -2.28. The molecular weight excluding hydrogens is 148 g/mol. The maximum atomic E-state index is 4.44. The zero-order valence-electron chi connectivity index (χ0n) is 7.45. The van der Waals surface area contributed by atoms with Gasteiger partial charge in [0.15, 0.2) is 0 Å². The van der Waals surface area contributed by atoms with Gasteiger partial charge in [0, 0.05) is 23.9 Å². The molecule has 2 nitrogen and oxygen atoms in total. The lowest BCUT2D eigenvalue weighted by atomic mass is 9.94. The van der Waals surface area contributed by atoms with Crippen molar-refractivity contribution in [3.05, 3.63) is 18.2 Å². The van der Waals surface area contributed by atoms with Crippen molar-refractivity contribution < 1.29 is 0 Å². The van der Waals surface area contributed by atoms with Gasteiger partial charge in [0.2, 0.25) is 0 Å². The van der Waals surface area contributed by atoms with Gasteiger partial charge in [-0.2, -0.15) is 0 Å². The molecule has 64 valence electrons. The lowest BCUT2D eigenvalue weighted by molar-refractivity contribution is 0.343. The molecule has 0 saturated heterocycles. The average Bonchev–Trinajstić information content (AvgIpc) is 2.64. The van der Waals surface area contributed by atoms with Gasteiger partial charge in [-0.3, -0.25) is 0 Å². The van der Waals surface area contributed by atoms with Gasteiger partial charge in [0.1, 0.15) is 5.82 Å². The molecule has 2 heterocycles. The highest BCUT2D eigenvalue weighted by Crippen LogP contribution is 2.52. The van der Waals surface area contributed by atoms with Gasteiger partial charge in [0.25, 0.3) is 0 Å². The van der Waals surface area contributed by atoms with Crippen LogP contribution in [0.5, 0.6) is 0 Å². The van der Waals surface area contributed by atoms with Gasteiger partial charge >= 0.3 is 0 Å². The van der Waals surface area contributed by atoms with E-state index in [1.165, 1.54) is 31.5 Å². The largest absolute Gasteiger partial charge is 0.329 e. The van der Waals surface area contributed by atoms with Crippen molar-refractivity contribution >= 4 is 0 Å². The van der Waals surface area contributed by atoms with E-state index in [1.807, 2.05) is 6.20 Å². The number of imidazole rings is 1. The fourth-order valence-corrected chi connectivity index (χ4v) is 2.45. The number of hydrogen-bond acceptors (Lipinski definition) is 1. The van der Waals surface area contributed by atoms with E-state index in [2.05, 4.69) is 22.7 Å². The summed E-state index contributed by atoms with van der Waals surface area (Å²) >= 11 is 0. The van der Waals surface area contributed by atoms with E-state index in [1.54, 1.807) is 0 Å². The van der Waals surface area contributed by atoms with Crippen LogP contribution in [0.15, 0.2) is 12.4 Å². The topological polar surface area (TPSA) is 17.8 Å². The second kappa shape index (κ2) is 1.93. The van der Waals surface area contributed by atoms with Crippen LogP contribution in [0.3, 0.4) is 0 Å². The van der Waals surface area contributed by atoms with Crippen LogP contribution in [-0.2, 0) is 5.54 Å². The SMILES string of the molecule is CC1CCC2(CC2)n2ccnc21. The predicted molar refractivity (Wildman–Crippen MR) is 47.1 cm³/mol. The molecule has 0 radical (unpaired) electrons. The summed E-state index contributed by atoms with van der Waals surface area (Å²) in [5.41, 5.74) is 0.526. The van der Waals surface area contributed by atoms with Crippen LogP contribution in [0.2, 0.25) is 0 Å². The van der Waals surface area contributed by atoms with Crippen molar-refractivity contribution in [3.63, 3.8) is 0 Å². The van der Waals surface area contributed by atoms with E-state index in [0.717, 1.165) is 0 Å². The van der Waals surface area contributed by atoms with E-state index in [9.17, 15) is 0 Å². The maximum Gasteiger partial charge on any atom is 0.111 e. The number of nitrogens with zero attached hydrogens (tertiary/aromatic N) is 2. The van der Waals surface area contributed by atoms with Crippen LogP contribution in [0, 0.1) is 0 Å². The highest BCUT2D eigenvalue weighted by atomic mass is 15.2. The second-order valence-corrected chi connectivity index (χ2v) is 4.32. The third-order valence-corrected chi connectivity index (χ3v) is 3.49. The first-order chi connectivity index (χ1) is 5.82. The Bertz CT molecular complexity index is 309. The molecule has 3 rings (SSSR count). The van der Waals surface area contributed by atoms with Crippen molar-refractivity contribution in [3.8, 4) is 0 Å². The zero-order valence-corrected chi connectivity index (χ0v) is 7.45. The number of fused-ring (bicyclic) bond motifs is 2. The molecular formula is C10H14N2. The van der Waals surface area contributed by atoms with Crippen LogP contribution in [0.1, 0.15) is 44.3 Å². The van der Waals surface area contributed by atoms with E-state index >= 15 is 0 Å². The van der Waals surface area contributed by atoms with Crippen LogP contribution in [0.25, 0.3) is 0 Å². The summed E-state index contributed by atoms with van der Waals surface area (Å²) in [5.74, 6) is 1.99. The smallest absolute Gasteiger partial charge is 0.111 e. The molecule has 0 amide bonds. The first kappa shape index (κ1) is 6.70. The van der Waals surface area contributed by atoms with Crippen LogP contribution in [0.4, 0.5) is 0 Å². The lowest BCUT2D eigenvalue weighted by Crippen LogP contribution is -2.25. The Balaban J connectivity index is 2.14. The summed E-state index contributed by atoms with van der Waals surface area (Å²) in [6.07, 6.45) is 9.58. The number of aromatic nitrogens is 2. The first-order valence-electron chi connectivity index (χ1n) is 4.86. The van der Waals surface area contributed by atoms with E-state index in [0.29, 0.717) is 11.5 Å². The Hall–Kier alpha value is -0.790. The molecule has 1 aromatic heterocycles. The van der Waals surface area contributed by atoms with Crippen molar-refractivity contribution in [1.82, 2.24) is 9.55 Å². The molecule has 2 aliphatic rings. The summed E-state index contributed by atoms with van der Waals surface area (Å²) in [7, 11) is 0. The van der Waals surface area contributed by atoms with Crippen molar-refractivity contribution in [2.45, 2.75) is 44.1 Å². The minimum atomic E-state index is 0.526. The zero-order chi connectivity index (χ0) is 8.18. The van der Waals surface area contributed by atoms with Gasteiger partial charge < -0.3 is 4.57 Å². The molecule has 1 aliphatic carbocycles. The quantitative estimate of drug-likeness (QED) is 0.572. The molecule has 2 heteroatoms. The fraction of sp³-hybridized carbons (Fsp3) is 0.700. The van der Waals surface area contributed by atoms with Crippen LogP contribution >= 0.6 is 0 Å². The van der Waals surface area contributed by atoms with Crippen molar-refractivity contribution in [2.75, 3.05) is 0 Å². The minimum Gasteiger partial charge on any atom is -0.329 e. The van der Waals surface area contributed by atoms with Gasteiger partial charge in [-0.25, -0.2) is 4.98 Å². The van der Waals surface area contributed by atoms with Gasteiger partial charge in [-0.15, -0.1) is 0 Å². The van der Waals surface area contributed by atoms with E-state index in [4.69, 9.17) is 0 Å². The summed E-state index contributed by atoms with van der Waals surface area (Å²) in [6, 6.07) is 0. The summed E-state index contributed by atoms with van der Waals surface area (Å²) in [6.45, 7) is 2.29. The molecule has 1 aromatic rings. The standard InChI is InChI=1S/C10H14N2/c1-8-2-3-10(4-5-10)12-7-6-11-9(8)12/h6-8H,2-5H2,1H3. The van der Waals surface area contributed by atoms with Crippen molar-refractivity contribution in [1.29, 1.82) is 0 Å². The Labute approximate surface area is 72.6 Å². The highest BCUT2D eigenvalue weighted by molar-refractivity contribution is 5.14. The fourth-order valence-electron chi connectivity index (χ4n) is 2.45. The van der Waals surface area contributed by atoms with Crippen LogP contribution < -0.4 is 0 Å². The van der Waals surface area contributed by atoms with Gasteiger partial charge in [-0.1, -0.05) is 6.92 Å². The molecule has 1 fully saturated rings. The van der Waals surface area contributed by atoms with E-state index < -0.39 is 0 Å². The third kappa shape index (κ3) is 0.680. The summed E-state index contributed by atoms with van der Waals surface area (Å²) in [4.78, 5) is 4.44. The summed E-state index contributed by atoms with van der Waals surface area (Å²) in [5, 5.41) is 0. The Morgan fingerprint density at radius 3 is 3.08 bits per heavy atom. The second-order valence-electron chi connectivity index (χ2n) is 4.32. The van der Waals surface area contributed by atoms with Crippen LogP contribution in [-0.4, -0.2) is 9.55 Å². The maximum absolute atomic E-state index is 4.44. The van der Waals surface area contributed by atoms with E-state index in [-0.39, 0.29) is 0 Å². The monoisotopic (exact) mass is 162 g/mol. The normalized spacial score (nSPS) is 30.2. The molecule has 1 unspecified atom stereocenters. The molecule has 0 bridgehead atoms. The molecule has 0 aromatic carbocycles. The minimum absolute atomic E-state index is 0.526. The number of hydrogen-bond donors (Lipinski definition) is 0. The molecule has 1 saturated carbocycles. The molecule has 1 aliphatic heterocycles. The highest BCUT2D eigenvalue weighted by Gasteiger charge is 2.47. The predicted octanol–water partition coefficient (Wildman–Crippen LogP) is 2.27. The van der Waals surface area contributed by atoms with Gasteiger partial charge in [-0.05, 0) is 25.7 Å². The van der Waals surface area contributed by atoms with Crippen molar-refractivity contribution in [2.24, 2.45) is 0 Å². The molecule has 1 spiro atoms. The average molecular weight is 162 g/mol. The third-order valence-electron chi connectivity index (χ3n) is 3.49. The number of rotatable bonds is 0. The molecule has 12 heavy (non-hydrogen) atoms.